The van der Waals surface area contributed by atoms with E-state index in [9.17, 15) is 4.79 Å². The van der Waals surface area contributed by atoms with Gasteiger partial charge in [0.25, 0.3) is 5.91 Å². The van der Waals surface area contributed by atoms with E-state index < -0.39 is 0 Å². The molecule has 110 valence electrons. The van der Waals surface area contributed by atoms with Crippen molar-refractivity contribution in [2.24, 2.45) is 5.92 Å². The molecule has 0 aliphatic rings. The van der Waals surface area contributed by atoms with E-state index in [4.69, 9.17) is 0 Å². The molecule has 0 bridgehead atoms. The Labute approximate surface area is 127 Å². The molecule has 0 aliphatic carbocycles. The second-order valence-corrected chi connectivity index (χ2v) is 5.95. The lowest BCUT2D eigenvalue weighted by Gasteiger charge is -2.16. The van der Waals surface area contributed by atoms with Crippen LogP contribution in [0, 0.1) is 5.92 Å². The monoisotopic (exact) mass is 281 g/mol. The lowest BCUT2D eigenvalue weighted by Crippen LogP contribution is -2.33. The first-order chi connectivity index (χ1) is 10.1. The third-order valence-electron chi connectivity index (χ3n) is 3.46. The van der Waals surface area contributed by atoms with E-state index in [0.29, 0.717) is 11.5 Å². The van der Waals surface area contributed by atoms with Crippen molar-refractivity contribution in [3.8, 4) is 11.1 Å². The average Bonchev–Trinajstić information content (AvgIpc) is 2.47. The van der Waals surface area contributed by atoms with Crippen molar-refractivity contribution in [2.75, 3.05) is 0 Å². The fourth-order valence-electron chi connectivity index (χ4n) is 2.52. The molecule has 2 heteroatoms. The molecule has 0 saturated carbocycles. The highest BCUT2D eigenvalue weighted by Crippen LogP contribution is 2.19. The normalized spacial score (nSPS) is 12.2. The molecular weight excluding hydrogens is 258 g/mol. The summed E-state index contributed by atoms with van der Waals surface area (Å²) in [5.41, 5.74) is 3.00. The molecule has 0 fully saturated rings. The van der Waals surface area contributed by atoms with Crippen molar-refractivity contribution in [3.05, 3.63) is 60.2 Å². The van der Waals surface area contributed by atoms with Crippen molar-refractivity contribution >= 4 is 5.91 Å². The second kappa shape index (κ2) is 7.07. The standard InChI is InChI=1S/C19H23NO/c1-14(2)13-15(3)20-19(21)18-11-9-17(10-12-18)16-7-5-4-6-8-16/h4-12,14-15H,13H2,1-3H3,(H,20,21). The van der Waals surface area contributed by atoms with Gasteiger partial charge in [-0.15, -0.1) is 0 Å². The molecule has 2 aromatic carbocycles. The van der Waals surface area contributed by atoms with Gasteiger partial charge < -0.3 is 5.32 Å². The Kier molecular flexibility index (Phi) is 5.15. The number of carbonyl (C=O) groups is 1. The van der Waals surface area contributed by atoms with Crippen molar-refractivity contribution in [1.82, 2.24) is 5.32 Å². The summed E-state index contributed by atoms with van der Waals surface area (Å²) in [7, 11) is 0. The summed E-state index contributed by atoms with van der Waals surface area (Å²) in [6.07, 6.45) is 0.994. The van der Waals surface area contributed by atoms with Crippen molar-refractivity contribution in [3.63, 3.8) is 0 Å². The highest BCUT2D eigenvalue weighted by atomic mass is 16.1. The number of benzene rings is 2. The molecule has 1 amide bonds. The Balaban J connectivity index is 2.03. The number of amides is 1. The molecule has 0 radical (unpaired) electrons. The SMILES string of the molecule is CC(C)CC(C)NC(=O)c1ccc(-c2ccccc2)cc1. The van der Waals surface area contributed by atoms with Gasteiger partial charge in [0.2, 0.25) is 0 Å². The Bertz CT molecular complexity index is 572. The van der Waals surface area contributed by atoms with E-state index in [2.05, 4.69) is 38.2 Å². The van der Waals surface area contributed by atoms with Gasteiger partial charge in [0, 0.05) is 11.6 Å². The molecule has 2 aromatic rings. The minimum Gasteiger partial charge on any atom is -0.350 e. The minimum absolute atomic E-state index is 0.00256. The van der Waals surface area contributed by atoms with Crippen LogP contribution >= 0.6 is 0 Å². The fourth-order valence-corrected chi connectivity index (χ4v) is 2.52. The van der Waals surface area contributed by atoms with Gasteiger partial charge in [0.05, 0.1) is 0 Å². The third kappa shape index (κ3) is 4.45. The van der Waals surface area contributed by atoms with Gasteiger partial charge in [-0.05, 0) is 42.5 Å². The first-order valence-corrected chi connectivity index (χ1v) is 7.52. The second-order valence-electron chi connectivity index (χ2n) is 5.95. The van der Waals surface area contributed by atoms with Crippen LogP contribution in [0.4, 0.5) is 0 Å². The van der Waals surface area contributed by atoms with Gasteiger partial charge in [0.1, 0.15) is 0 Å². The molecule has 2 rings (SSSR count). The first kappa shape index (κ1) is 15.3. The fraction of sp³-hybridized carbons (Fsp3) is 0.316. The van der Waals surface area contributed by atoms with E-state index >= 15 is 0 Å². The van der Waals surface area contributed by atoms with E-state index in [1.165, 1.54) is 0 Å². The van der Waals surface area contributed by atoms with Crippen LogP contribution in [0.5, 0.6) is 0 Å². The maximum atomic E-state index is 12.2. The van der Waals surface area contributed by atoms with E-state index in [1.807, 2.05) is 42.5 Å². The van der Waals surface area contributed by atoms with E-state index in [1.54, 1.807) is 0 Å². The first-order valence-electron chi connectivity index (χ1n) is 7.52. The van der Waals surface area contributed by atoms with Crippen LogP contribution in [-0.4, -0.2) is 11.9 Å². The van der Waals surface area contributed by atoms with Gasteiger partial charge in [-0.25, -0.2) is 0 Å². The third-order valence-corrected chi connectivity index (χ3v) is 3.46. The molecule has 1 atom stereocenters. The summed E-state index contributed by atoms with van der Waals surface area (Å²) in [5.74, 6) is 0.587. The summed E-state index contributed by atoms with van der Waals surface area (Å²) < 4.78 is 0. The number of nitrogens with one attached hydrogen (secondary N) is 1. The van der Waals surface area contributed by atoms with Crippen LogP contribution in [0.2, 0.25) is 0 Å². The summed E-state index contributed by atoms with van der Waals surface area (Å²) in [6, 6.07) is 18.1. The molecular formula is C19H23NO. The summed E-state index contributed by atoms with van der Waals surface area (Å²) >= 11 is 0. The Morgan fingerprint density at radius 3 is 2.05 bits per heavy atom. The summed E-state index contributed by atoms with van der Waals surface area (Å²) in [4.78, 5) is 12.2. The van der Waals surface area contributed by atoms with Crippen LogP contribution in [0.1, 0.15) is 37.6 Å². The highest BCUT2D eigenvalue weighted by Gasteiger charge is 2.11. The molecule has 0 aromatic heterocycles. The molecule has 0 aliphatic heterocycles. The smallest absolute Gasteiger partial charge is 0.251 e. The van der Waals surface area contributed by atoms with Crippen molar-refractivity contribution in [1.29, 1.82) is 0 Å². The lowest BCUT2D eigenvalue weighted by atomic mass is 10.0. The Morgan fingerprint density at radius 1 is 0.905 bits per heavy atom. The van der Waals surface area contributed by atoms with Crippen molar-refractivity contribution in [2.45, 2.75) is 33.2 Å². The minimum atomic E-state index is 0.00256. The van der Waals surface area contributed by atoms with Crippen LogP contribution in [0.3, 0.4) is 0 Å². The van der Waals surface area contributed by atoms with Gasteiger partial charge >= 0.3 is 0 Å². The molecule has 2 nitrogen and oxygen atoms in total. The van der Waals surface area contributed by atoms with Gasteiger partial charge in [0.15, 0.2) is 0 Å². The van der Waals surface area contributed by atoms with E-state index in [0.717, 1.165) is 17.5 Å². The van der Waals surface area contributed by atoms with E-state index in [-0.39, 0.29) is 11.9 Å². The zero-order valence-corrected chi connectivity index (χ0v) is 13.0. The number of rotatable bonds is 5. The lowest BCUT2D eigenvalue weighted by molar-refractivity contribution is 0.0936. The van der Waals surface area contributed by atoms with Gasteiger partial charge in [-0.3, -0.25) is 4.79 Å². The average molecular weight is 281 g/mol. The molecule has 21 heavy (non-hydrogen) atoms. The Hall–Kier alpha value is -2.09. The largest absolute Gasteiger partial charge is 0.350 e. The number of carbonyl (C=O) groups excluding carboxylic acids is 1. The molecule has 1 unspecified atom stereocenters. The van der Waals surface area contributed by atoms with Gasteiger partial charge in [-0.2, -0.15) is 0 Å². The topological polar surface area (TPSA) is 29.1 Å². The maximum Gasteiger partial charge on any atom is 0.251 e. The predicted molar refractivity (Wildman–Crippen MR) is 88.3 cm³/mol. The molecule has 0 saturated heterocycles. The van der Waals surface area contributed by atoms with Gasteiger partial charge in [-0.1, -0.05) is 56.3 Å². The highest BCUT2D eigenvalue weighted by molar-refractivity contribution is 5.94. The summed E-state index contributed by atoms with van der Waals surface area (Å²) in [5, 5.41) is 3.05. The van der Waals surface area contributed by atoms with Crippen LogP contribution < -0.4 is 5.32 Å². The molecule has 0 heterocycles. The Morgan fingerprint density at radius 2 is 1.48 bits per heavy atom. The quantitative estimate of drug-likeness (QED) is 0.858. The van der Waals surface area contributed by atoms with Crippen molar-refractivity contribution < 1.29 is 4.79 Å². The number of hydrogen-bond acceptors (Lipinski definition) is 1. The zero-order chi connectivity index (χ0) is 15.2. The maximum absolute atomic E-state index is 12.2. The zero-order valence-electron chi connectivity index (χ0n) is 13.0. The molecule has 0 spiro atoms. The van der Waals surface area contributed by atoms with Crippen LogP contribution in [0.25, 0.3) is 11.1 Å². The number of hydrogen-bond donors (Lipinski definition) is 1. The molecule has 1 N–H and O–H groups in total. The van der Waals surface area contributed by atoms with Crippen LogP contribution in [-0.2, 0) is 0 Å². The predicted octanol–water partition coefficient (Wildman–Crippen LogP) is 4.52. The van der Waals surface area contributed by atoms with Crippen LogP contribution in [0.15, 0.2) is 54.6 Å². The summed E-state index contributed by atoms with van der Waals surface area (Å²) in [6.45, 7) is 6.38.